The largest absolute Gasteiger partial charge is 0.513 e. The van der Waals surface area contributed by atoms with E-state index in [1.54, 1.807) is 12.1 Å². The topological polar surface area (TPSA) is 105 Å². The van der Waals surface area contributed by atoms with Crippen molar-refractivity contribution in [3.05, 3.63) is 58.7 Å². The first-order valence-corrected chi connectivity index (χ1v) is 7.35. The van der Waals surface area contributed by atoms with Gasteiger partial charge in [0.15, 0.2) is 23.1 Å². The number of methoxy groups -OCH3 is 2. The van der Waals surface area contributed by atoms with Crippen LogP contribution >= 0.6 is 0 Å². The molecule has 1 aliphatic carbocycles. The molecule has 0 bridgehead atoms. The number of rotatable bonds is 2. The predicted molar refractivity (Wildman–Crippen MR) is 85.8 cm³/mol. The van der Waals surface area contributed by atoms with Crippen molar-refractivity contribution in [2.75, 3.05) is 14.2 Å². The molecule has 0 N–H and O–H groups in total. The summed E-state index contributed by atoms with van der Waals surface area (Å²) < 4.78 is 18.8. The van der Waals surface area contributed by atoms with E-state index < -0.39 is 29.6 Å². The van der Waals surface area contributed by atoms with E-state index in [-0.39, 0.29) is 28.0 Å². The van der Waals surface area contributed by atoms with Gasteiger partial charge < -0.3 is 18.9 Å². The van der Waals surface area contributed by atoms with Crippen LogP contribution in [0.4, 0.5) is 9.59 Å². The van der Waals surface area contributed by atoms with E-state index in [1.807, 2.05) is 0 Å². The Labute approximate surface area is 147 Å². The first kappa shape index (κ1) is 17.2. The molecule has 26 heavy (non-hydrogen) atoms. The summed E-state index contributed by atoms with van der Waals surface area (Å²) in [5.41, 5.74) is 0.205. The van der Waals surface area contributed by atoms with Gasteiger partial charge in [0.1, 0.15) is 0 Å². The van der Waals surface area contributed by atoms with Gasteiger partial charge in [0.05, 0.1) is 19.8 Å². The van der Waals surface area contributed by atoms with Crippen molar-refractivity contribution in [2.24, 2.45) is 0 Å². The van der Waals surface area contributed by atoms with Gasteiger partial charge >= 0.3 is 12.3 Å². The molecule has 2 aromatic carbocycles. The number of benzene rings is 2. The first-order chi connectivity index (χ1) is 12.5. The minimum Gasteiger partial charge on any atom is -0.437 e. The summed E-state index contributed by atoms with van der Waals surface area (Å²) in [5, 5.41) is 0. The number of hydrogen-bond acceptors (Lipinski definition) is 8. The van der Waals surface area contributed by atoms with Gasteiger partial charge in [-0.2, -0.15) is 0 Å². The fourth-order valence-corrected chi connectivity index (χ4v) is 2.58. The van der Waals surface area contributed by atoms with E-state index in [1.165, 1.54) is 24.3 Å². The summed E-state index contributed by atoms with van der Waals surface area (Å²) in [5.74, 6) is -1.63. The van der Waals surface area contributed by atoms with Gasteiger partial charge in [-0.15, -0.1) is 0 Å². The molecule has 0 radical (unpaired) electrons. The monoisotopic (exact) mass is 356 g/mol. The van der Waals surface area contributed by atoms with Crippen LogP contribution in [0.5, 0.6) is 11.5 Å². The normalized spacial score (nSPS) is 11.9. The molecule has 2 aromatic rings. The van der Waals surface area contributed by atoms with Crippen molar-refractivity contribution in [2.45, 2.75) is 0 Å². The first-order valence-electron chi connectivity index (χ1n) is 7.35. The molecule has 0 atom stereocenters. The highest BCUT2D eigenvalue weighted by molar-refractivity contribution is 6.29. The van der Waals surface area contributed by atoms with Crippen molar-refractivity contribution in [3.8, 4) is 11.5 Å². The van der Waals surface area contributed by atoms with E-state index in [9.17, 15) is 19.2 Å². The van der Waals surface area contributed by atoms with Crippen LogP contribution in [-0.2, 0) is 9.47 Å². The highest BCUT2D eigenvalue weighted by atomic mass is 16.7. The lowest BCUT2D eigenvalue weighted by Crippen LogP contribution is -2.23. The van der Waals surface area contributed by atoms with E-state index in [0.29, 0.717) is 0 Å². The van der Waals surface area contributed by atoms with E-state index >= 15 is 0 Å². The lowest BCUT2D eigenvalue weighted by molar-refractivity contribution is 0.0964. The number of hydrogen-bond donors (Lipinski definition) is 0. The number of fused-ring (bicyclic) bond motifs is 2. The molecular formula is C18H12O8. The van der Waals surface area contributed by atoms with Crippen LogP contribution in [0, 0.1) is 0 Å². The third-order valence-corrected chi connectivity index (χ3v) is 3.72. The third-order valence-electron chi connectivity index (χ3n) is 3.72. The Hall–Kier alpha value is -3.68. The van der Waals surface area contributed by atoms with Crippen LogP contribution in [0.15, 0.2) is 36.4 Å². The van der Waals surface area contributed by atoms with Gasteiger partial charge in [0, 0.05) is 16.7 Å². The minimum atomic E-state index is -1.15. The van der Waals surface area contributed by atoms with Crippen LogP contribution in [0.1, 0.15) is 31.8 Å². The SMILES string of the molecule is COC(=O)Oc1ccc2c(c1OC(=O)OC)C(=O)c1ccccc1C2=O. The van der Waals surface area contributed by atoms with Gasteiger partial charge in [-0.05, 0) is 12.1 Å². The van der Waals surface area contributed by atoms with Crippen LogP contribution in [0.2, 0.25) is 0 Å². The molecule has 0 saturated carbocycles. The Kier molecular flexibility index (Phi) is 4.40. The molecule has 0 amide bonds. The predicted octanol–water partition coefficient (Wildman–Crippen LogP) is 2.75. The summed E-state index contributed by atoms with van der Waals surface area (Å²) in [6, 6.07) is 8.79. The van der Waals surface area contributed by atoms with Gasteiger partial charge in [-0.3, -0.25) is 9.59 Å². The highest BCUT2D eigenvalue weighted by Crippen LogP contribution is 2.40. The fraction of sp³-hybridized carbons (Fsp3) is 0.111. The average molecular weight is 356 g/mol. The smallest absolute Gasteiger partial charge is 0.437 e. The zero-order valence-corrected chi connectivity index (χ0v) is 13.7. The van der Waals surface area contributed by atoms with Crippen LogP contribution in [0.3, 0.4) is 0 Å². The van der Waals surface area contributed by atoms with Crippen LogP contribution < -0.4 is 9.47 Å². The quantitative estimate of drug-likeness (QED) is 0.510. The minimum absolute atomic E-state index is 0.0184. The summed E-state index contributed by atoms with van der Waals surface area (Å²) in [6.07, 6.45) is -2.23. The van der Waals surface area contributed by atoms with Crippen molar-refractivity contribution in [1.82, 2.24) is 0 Å². The summed E-state index contributed by atoms with van der Waals surface area (Å²) in [6.45, 7) is 0. The zero-order chi connectivity index (χ0) is 18.8. The fourth-order valence-electron chi connectivity index (χ4n) is 2.58. The Bertz CT molecular complexity index is 944. The van der Waals surface area contributed by atoms with Crippen LogP contribution in [-0.4, -0.2) is 38.1 Å². The molecule has 8 nitrogen and oxygen atoms in total. The molecule has 3 rings (SSSR count). The van der Waals surface area contributed by atoms with Gasteiger partial charge in [0.25, 0.3) is 0 Å². The Balaban J connectivity index is 2.22. The zero-order valence-electron chi connectivity index (χ0n) is 13.7. The van der Waals surface area contributed by atoms with Crippen molar-refractivity contribution in [3.63, 3.8) is 0 Å². The number of ketones is 2. The second kappa shape index (κ2) is 6.67. The molecular weight excluding hydrogens is 344 g/mol. The lowest BCUT2D eigenvalue weighted by atomic mass is 9.83. The van der Waals surface area contributed by atoms with E-state index in [0.717, 1.165) is 14.2 Å². The summed E-state index contributed by atoms with van der Waals surface area (Å²) in [4.78, 5) is 48.6. The Morgan fingerprint density at radius 2 is 1.31 bits per heavy atom. The molecule has 0 fully saturated rings. The van der Waals surface area contributed by atoms with E-state index in [4.69, 9.17) is 9.47 Å². The average Bonchev–Trinajstić information content (AvgIpc) is 2.66. The van der Waals surface area contributed by atoms with Crippen molar-refractivity contribution >= 4 is 23.9 Å². The second-order valence-electron chi connectivity index (χ2n) is 5.13. The van der Waals surface area contributed by atoms with Gasteiger partial charge in [0.2, 0.25) is 0 Å². The molecule has 0 saturated heterocycles. The molecule has 0 aliphatic heterocycles. The standard InChI is InChI=1S/C18H12O8/c1-23-17(21)25-12-8-7-11-13(16(12)26-18(22)24-2)15(20)10-6-4-3-5-9(10)14(11)19/h3-8H,1-2H3. The molecule has 0 unspecified atom stereocenters. The molecule has 1 aliphatic rings. The maximum Gasteiger partial charge on any atom is 0.513 e. The summed E-state index contributed by atoms with van der Waals surface area (Å²) >= 11 is 0. The number of carbonyl (C=O) groups is 4. The van der Waals surface area contributed by atoms with Gasteiger partial charge in [-0.25, -0.2) is 9.59 Å². The molecule has 132 valence electrons. The molecule has 0 heterocycles. The molecule has 0 aromatic heterocycles. The third kappa shape index (κ3) is 2.77. The van der Waals surface area contributed by atoms with Gasteiger partial charge in [-0.1, -0.05) is 24.3 Å². The van der Waals surface area contributed by atoms with Crippen LogP contribution in [0.25, 0.3) is 0 Å². The number of ether oxygens (including phenoxy) is 4. The van der Waals surface area contributed by atoms with Crippen molar-refractivity contribution in [1.29, 1.82) is 0 Å². The maximum atomic E-state index is 12.9. The molecule has 0 spiro atoms. The number of carbonyl (C=O) groups excluding carboxylic acids is 4. The Morgan fingerprint density at radius 1 is 0.731 bits per heavy atom. The van der Waals surface area contributed by atoms with Crippen molar-refractivity contribution < 1.29 is 38.1 Å². The lowest BCUT2D eigenvalue weighted by Gasteiger charge is -2.20. The molecule has 8 heteroatoms. The second-order valence-corrected chi connectivity index (χ2v) is 5.13. The maximum absolute atomic E-state index is 12.9. The van der Waals surface area contributed by atoms with E-state index in [2.05, 4.69) is 9.47 Å². The Morgan fingerprint density at radius 3 is 1.92 bits per heavy atom. The highest BCUT2D eigenvalue weighted by Gasteiger charge is 2.35. The summed E-state index contributed by atoms with van der Waals surface area (Å²) in [7, 11) is 2.16.